The van der Waals surface area contributed by atoms with Crippen molar-refractivity contribution in [2.75, 3.05) is 13.7 Å². The molecule has 2 amide bonds. The van der Waals surface area contributed by atoms with Crippen LogP contribution in [-0.2, 0) is 16.0 Å². The molecule has 2 aliphatic rings. The van der Waals surface area contributed by atoms with Crippen molar-refractivity contribution in [2.45, 2.75) is 62.5 Å². The van der Waals surface area contributed by atoms with Crippen LogP contribution in [0.2, 0.25) is 0 Å². The van der Waals surface area contributed by atoms with Gasteiger partial charge in [0, 0.05) is 37.7 Å². The zero-order chi connectivity index (χ0) is 27.9. The largest absolute Gasteiger partial charge is 0.419 e. The summed E-state index contributed by atoms with van der Waals surface area (Å²) in [6, 6.07) is 9.95. The Morgan fingerprint density at radius 1 is 1.24 bits per heavy atom. The van der Waals surface area contributed by atoms with E-state index in [2.05, 4.69) is 10.6 Å². The summed E-state index contributed by atoms with van der Waals surface area (Å²) in [5.41, 5.74) is -2.65. The molecule has 1 fully saturated rings. The highest BCUT2D eigenvalue weighted by Gasteiger charge is 2.62. The summed E-state index contributed by atoms with van der Waals surface area (Å²) >= 11 is 0. The van der Waals surface area contributed by atoms with Crippen LogP contribution in [0.4, 0.5) is 13.2 Å². The Morgan fingerprint density at radius 2 is 1.95 bits per heavy atom. The van der Waals surface area contributed by atoms with Crippen LogP contribution in [-0.4, -0.2) is 58.8 Å². The number of alkyl halides is 3. The Morgan fingerprint density at radius 3 is 2.61 bits per heavy atom. The summed E-state index contributed by atoms with van der Waals surface area (Å²) in [5, 5.41) is 24.5. The molecule has 11 heteroatoms. The number of rotatable bonds is 7. The number of benzene rings is 2. The molecule has 4 N–H and O–H groups in total. The average molecular weight is 533 g/mol. The summed E-state index contributed by atoms with van der Waals surface area (Å²) < 4.78 is 47.1. The molecule has 3 atom stereocenters. The van der Waals surface area contributed by atoms with Crippen molar-refractivity contribution in [3.05, 3.63) is 70.8 Å². The topological polar surface area (TPSA) is 115 Å². The van der Waals surface area contributed by atoms with E-state index < -0.39 is 41.7 Å². The van der Waals surface area contributed by atoms with E-state index in [-0.39, 0.29) is 36.0 Å². The molecule has 1 aliphatic heterocycles. The van der Waals surface area contributed by atoms with E-state index in [0.717, 1.165) is 0 Å². The van der Waals surface area contributed by atoms with Crippen LogP contribution >= 0.6 is 0 Å². The summed E-state index contributed by atoms with van der Waals surface area (Å²) in [6.45, 7) is 3.89. The number of nitrogens with zero attached hydrogens (tertiary/aromatic N) is 1. The van der Waals surface area contributed by atoms with Crippen LogP contribution in [0.1, 0.15) is 65.8 Å². The minimum atomic E-state index is -4.98. The third kappa shape index (κ3) is 5.12. The van der Waals surface area contributed by atoms with Gasteiger partial charge in [-0.25, -0.2) is 0 Å². The number of aliphatic hydroxyl groups is 1. The molecule has 0 aromatic heterocycles. The summed E-state index contributed by atoms with van der Waals surface area (Å²) in [4.78, 5) is 27.6. The zero-order valence-corrected chi connectivity index (χ0v) is 21.4. The molecule has 38 heavy (non-hydrogen) atoms. The number of ether oxygens (including phenoxy) is 1. The Kier molecular flexibility index (Phi) is 7.28. The maximum Gasteiger partial charge on any atom is 0.419 e. The maximum absolute atomic E-state index is 14.0. The monoisotopic (exact) mass is 532 g/mol. The smallest absolute Gasteiger partial charge is 0.385 e. The van der Waals surface area contributed by atoms with E-state index in [0.29, 0.717) is 17.5 Å². The first-order valence-corrected chi connectivity index (χ1v) is 12.2. The second kappa shape index (κ2) is 10.0. The molecule has 2 aromatic carbocycles. The molecule has 4 rings (SSSR count). The molecule has 1 saturated heterocycles. The van der Waals surface area contributed by atoms with Crippen LogP contribution in [0.15, 0.2) is 48.5 Å². The van der Waals surface area contributed by atoms with Gasteiger partial charge < -0.3 is 20.5 Å². The fourth-order valence-corrected chi connectivity index (χ4v) is 5.21. The second-order valence-corrected chi connectivity index (χ2v) is 10.4. The lowest BCUT2D eigenvalue weighted by atomic mass is 9.93. The number of fused-ring (bicyclic) bond motifs is 1. The molecule has 2 aromatic rings. The molecule has 8 nitrogen and oxygen atoms in total. The Bertz CT molecular complexity index is 1230. The fraction of sp³-hybridized carbons (Fsp3) is 0.444. The van der Waals surface area contributed by atoms with Gasteiger partial charge in [0.25, 0.3) is 5.91 Å². The minimum Gasteiger partial charge on any atom is -0.385 e. The first kappa shape index (κ1) is 27.6. The molecule has 0 bridgehead atoms. The highest BCUT2D eigenvalue weighted by atomic mass is 19.4. The number of carbonyl (C=O) groups is 2. The summed E-state index contributed by atoms with van der Waals surface area (Å²) in [5.74, 6) is -1.16. The van der Waals surface area contributed by atoms with Crippen LogP contribution in [0.5, 0.6) is 0 Å². The maximum atomic E-state index is 14.0. The van der Waals surface area contributed by atoms with Crippen molar-refractivity contribution in [3.63, 3.8) is 0 Å². The Balaban J connectivity index is 1.65. The van der Waals surface area contributed by atoms with Crippen molar-refractivity contribution >= 4 is 17.8 Å². The van der Waals surface area contributed by atoms with Crippen LogP contribution < -0.4 is 10.6 Å². The van der Waals surface area contributed by atoms with E-state index in [1.807, 2.05) is 13.8 Å². The van der Waals surface area contributed by atoms with Gasteiger partial charge in [-0.15, -0.1) is 0 Å². The quantitative estimate of drug-likeness (QED) is 0.435. The first-order valence-electron chi connectivity index (χ1n) is 12.2. The van der Waals surface area contributed by atoms with Crippen LogP contribution in [0.25, 0.3) is 0 Å². The van der Waals surface area contributed by atoms with Crippen LogP contribution in [0.3, 0.4) is 0 Å². The van der Waals surface area contributed by atoms with Gasteiger partial charge in [0.1, 0.15) is 0 Å². The van der Waals surface area contributed by atoms with E-state index in [9.17, 15) is 27.9 Å². The third-order valence-electron chi connectivity index (χ3n) is 7.07. The number of guanidine groups is 1. The van der Waals surface area contributed by atoms with Crippen molar-refractivity contribution in [3.8, 4) is 0 Å². The highest BCUT2D eigenvalue weighted by Crippen LogP contribution is 2.48. The van der Waals surface area contributed by atoms with E-state index in [1.165, 1.54) is 36.3 Å². The summed E-state index contributed by atoms with van der Waals surface area (Å²) in [6.07, 6.45) is -5.18. The number of carbonyl (C=O) groups excluding carboxylic acids is 2. The van der Waals surface area contributed by atoms with E-state index in [1.54, 1.807) is 24.3 Å². The van der Waals surface area contributed by atoms with Crippen LogP contribution in [0, 0.1) is 5.41 Å². The molecular formula is C27H31F3N4O4. The SMILES string of the molecule is COCCC(c1cccc(C(=O)NC2c3ccccc3CC2(O)C(F)(F)F)c1)N1C(=N)NC(C)(C)CC1=O. The zero-order valence-electron chi connectivity index (χ0n) is 21.4. The standard InChI is InChI=1S/C27H31F3N4O4/c1-25(2)15-21(35)34(24(31)33-25)20(11-12-38-3)16-8-6-9-17(13-16)23(36)32-22-19-10-5-4-7-18(19)14-26(22,37)27(28,29)30/h4-10,13,20,22,37H,11-12,14-15H2,1-3H3,(H2,31,33)(H,32,36). The molecule has 1 heterocycles. The molecular weight excluding hydrogens is 501 g/mol. The van der Waals surface area contributed by atoms with Gasteiger partial charge in [0.05, 0.1) is 12.1 Å². The number of hydrogen-bond donors (Lipinski definition) is 4. The molecule has 0 spiro atoms. The van der Waals surface area contributed by atoms with Crippen molar-refractivity contribution < 1.29 is 32.6 Å². The number of amides is 2. The number of nitrogens with one attached hydrogen (secondary N) is 3. The van der Waals surface area contributed by atoms with Gasteiger partial charge in [-0.05, 0) is 49.1 Å². The lowest BCUT2D eigenvalue weighted by Crippen LogP contribution is -2.60. The van der Waals surface area contributed by atoms with Gasteiger partial charge >= 0.3 is 6.18 Å². The van der Waals surface area contributed by atoms with E-state index >= 15 is 0 Å². The van der Waals surface area contributed by atoms with Gasteiger partial charge in [-0.2, -0.15) is 13.2 Å². The lowest BCUT2D eigenvalue weighted by Gasteiger charge is -2.42. The van der Waals surface area contributed by atoms with Gasteiger partial charge in [0.15, 0.2) is 11.6 Å². The second-order valence-electron chi connectivity index (χ2n) is 10.4. The normalized spacial score (nSPS) is 23.6. The van der Waals surface area contributed by atoms with Gasteiger partial charge in [-0.1, -0.05) is 36.4 Å². The van der Waals surface area contributed by atoms with Gasteiger partial charge in [-0.3, -0.25) is 19.9 Å². The molecule has 0 radical (unpaired) electrons. The molecule has 0 saturated carbocycles. The number of hydrogen-bond acceptors (Lipinski definition) is 5. The lowest BCUT2D eigenvalue weighted by molar-refractivity contribution is -0.266. The van der Waals surface area contributed by atoms with Crippen molar-refractivity contribution in [2.24, 2.45) is 0 Å². The molecule has 1 aliphatic carbocycles. The Labute approximate surface area is 218 Å². The average Bonchev–Trinajstić information content (AvgIpc) is 3.12. The highest BCUT2D eigenvalue weighted by molar-refractivity contribution is 5.99. The third-order valence-corrected chi connectivity index (χ3v) is 7.07. The first-order chi connectivity index (χ1) is 17.8. The van der Waals surface area contributed by atoms with E-state index in [4.69, 9.17) is 10.1 Å². The minimum absolute atomic E-state index is 0.0584. The summed E-state index contributed by atoms with van der Waals surface area (Å²) in [7, 11) is 1.51. The number of halogens is 3. The molecule has 3 unspecified atom stereocenters. The molecule has 204 valence electrons. The predicted molar refractivity (Wildman–Crippen MR) is 133 cm³/mol. The fourth-order valence-electron chi connectivity index (χ4n) is 5.21. The predicted octanol–water partition coefficient (Wildman–Crippen LogP) is 3.62. The van der Waals surface area contributed by atoms with Crippen molar-refractivity contribution in [1.29, 1.82) is 5.41 Å². The number of methoxy groups -OCH3 is 1. The van der Waals surface area contributed by atoms with Crippen molar-refractivity contribution in [1.82, 2.24) is 15.5 Å². The Hall–Kier alpha value is -3.44. The van der Waals surface area contributed by atoms with Gasteiger partial charge in [0.2, 0.25) is 5.91 Å².